The zero-order chi connectivity index (χ0) is 13.3. The molecule has 2 aromatic rings. The highest BCUT2D eigenvalue weighted by Gasteiger charge is 2.40. The number of hydrogen-bond donors (Lipinski definition) is 1. The van der Waals surface area contributed by atoms with Gasteiger partial charge in [0.15, 0.2) is 0 Å². The molecule has 1 aliphatic rings. The summed E-state index contributed by atoms with van der Waals surface area (Å²) < 4.78 is 11.0. The van der Waals surface area contributed by atoms with Gasteiger partial charge in [-0.2, -0.15) is 4.98 Å². The third-order valence-corrected chi connectivity index (χ3v) is 3.66. The molecule has 0 aliphatic heterocycles. The molecule has 0 saturated heterocycles. The minimum absolute atomic E-state index is 0.389. The lowest BCUT2D eigenvalue weighted by Gasteiger charge is -2.22. The third kappa shape index (κ3) is 2.08. The quantitative estimate of drug-likeness (QED) is 0.909. The van der Waals surface area contributed by atoms with Crippen LogP contribution in [0.15, 0.2) is 22.9 Å². The Hall–Kier alpha value is -1.95. The van der Waals surface area contributed by atoms with Gasteiger partial charge in [-0.25, -0.2) is 4.98 Å². The van der Waals surface area contributed by atoms with Crippen molar-refractivity contribution >= 4 is 5.82 Å². The Morgan fingerprint density at radius 3 is 2.84 bits per heavy atom. The van der Waals surface area contributed by atoms with Crippen molar-refractivity contribution in [2.45, 2.75) is 31.3 Å². The number of pyridine rings is 1. The Morgan fingerprint density at radius 2 is 2.16 bits per heavy atom. The summed E-state index contributed by atoms with van der Waals surface area (Å²) in [6.07, 6.45) is 5.73. The number of aromatic nitrogens is 3. The summed E-state index contributed by atoms with van der Waals surface area (Å²) >= 11 is 0. The van der Waals surface area contributed by atoms with Gasteiger partial charge >= 0.3 is 0 Å². The summed E-state index contributed by atoms with van der Waals surface area (Å²) in [6, 6.07) is 3.51. The van der Waals surface area contributed by atoms with E-state index in [0.29, 0.717) is 17.5 Å². The Bertz CT molecular complexity index is 576. The van der Waals surface area contributed by atoms with Gasteiger partial charge in [0.2, 0.25) is 5.82 Å². The van der Waals surface area contributed by atoms with Gasteiger partial charge in [0.1, 0.15) is 11.4 Å². The second-order valence-electron chi connectivity index (χ2n) is 4.80. The van der Waals surface area contributed by atoms with Crippen molar-refractivity contribution in [2.75, 3.05) is 12.8 Å². The van der Waals surface area contributed by atoms with Crippen LogP contribution in [0, 0.1) is 0 Å². The molecule has 0 bridgehead atoms. The van der Waals surface area contributed by atoms with Crippen LogP contribution < -0.4 is 5.73 Å². The molecule has 0 atom stereocenters. The largest absolute Gasteiger partial charge is 0.384 e. The minimum Gasteiger partial charge on any atom is -0.384 e. The minimum atomic E-state index is -0.389. The number of anilines is 1. The number of nitrogen functional groups attached to an aromatic ring is 1. The molecule has 1 saturated carbocycles. The molecule has 0 radical (unpaired) electrons. The predicted molar refractivity (Wildman–Crippen MR) is 69.1 cm³/mol. The fourth-order valence-electron chi connectivity index (χ4n) is 2.57. The molecule has 19 heavy (non-hydrogen) atoms. The summed E-state index contributed by atoms with van der Waals surface area (Å²) in [5.74, 6) is 1.50. The van der Waals surface area contributed by atoms with Crippen molar-refractivity contribution < 1.29 is 9.26 Å². The molecule has 2 N–H and O–H groups in total. The first kappa shape index (κ1) is 12.1. The van der Waals surface area contributed by atoms with Crippen LogP contribution in [0.4, 0.5) is 5.82 Å². The van der Waals surface area contributed by atoms with Gasteiger partial charge in [0.25, 0.3) is 5.89 Å². The van der Waals surface area contributed by atoms with E-state index < -0.39 is 0 Å². The maximum Gasteiger partial charge on any atom is 0.258 e. The average Bonchev–Trinajstić information content (AvgIpc) is 3.08. The molecule has 6 nitrogen and oxygen atoms in total. The molecular weight excluding hydrogens is 244 g/mol. The molecule has 1 fully saturated rings. The molecule has 6 heteroatoms. The smallest absolute Gasteiger partial charge is 0.258 e. The van der Waals surface area contributed by atoms with E-state index in [-0.39, 0.29) is 5.60 Å². The SMILES string of the molecule is COC1(c2noc(-c3ccnc(N)c3)n2)CCCC1. The van der Waals surface area contributed by atoms with Crippen molar-refractivity contribution in [1.29, 1.82) is 0 Å². The van der Waals surface area contributed by atoms with Crippen LogP contribution >= 0.6 is 0 Å². The first-order valence-corrected chi connectivity index (χ1v) is 6.35. The maximum atomic E-state index is 5.65. The van der Waals surface area contributed by atoms with E-state index in [9.17, 15) is 0 Å². The average molecular weight is 260 g/mol. The number of nitrogens with zero attached hydrogens (tertiary/aromatic N) is 3. The predicted octanol–water partition coefficient (Wildman–Crippen LogP) is 2.13. The fourth-order valence-corrected chi connectivity index (χ4v) is 2.57. The molecule has 0 amide bonds. The zero-order valence-electron chi connectivity index (χ0n) is 10.8. The molecule has 2 aromatic heterocycles. The van der Waals surface area contributed by atoms with Crippen LogP contribution in [0.5, 0.6) is 0 Å². The molecule has 100 valence electrons. The number of rotatable bonds is 3. The van der Waals surface area contributed by atoms with E-state index in [2.05, 4.69) is 15.1 Å². The van der Waals surface area contributed by atoms with Gasteiger partial charge in [-0.3, -0.25) is 0 Å². The maximum absolute atomic E-state index is 5.65. The lowest BCUT2D eigenvalue weighted by molar-refractivity contribution is -0.0178. The van der Waals surface area contributed by atoms with Gasteiger partial charge in [-0.1, -0.05) is 5.16 Å². The summed E-state index contributed by atoms with van der Waals surface area (Å²) in [6.45, 7) is 0. The Labute approximate surface area is 111 Å². The van der Waals surface area contributed by atoms with Crippen molar-refractivity contribution in [2.24, 2.45) is 0 Å². The molecule has 0 unspecified atom stereocenters. The zero-order valence-corrected chi connectivity index (χ0v) is 10.8. The third-order valence-electron chi connectivity index (χ3n) is 3.66. The number of methoxy groups -OCH3 is 1. The Morgan fingerprint density at radius 1 is 1.37 bits per heavy atom. The summed E-state index contributed by atoms with van der Waals surface area (Å²) in [5.41, 5.74) is 6.04. The lowest BCUT2D eigenvalue weighted by Crippen LogP contribution is -2.25. The van der Waals surface area contributed by atoms with Crippen LogP contribution in [-0.4, -0.2) is 22.2 Å². The first-order valence-electron chi connectivity index (χ1n) is 6.35. The summed E-state index contributed by atoms with van der Waals surface area (Å²) in [7, 11) is 1.70. The molecular formula is C13H16N4O2. The van der Waals surface area contributed by atoms with Crippen LogP contribution in [0.2, 0.25) is 0 Å². The monoisotopic (exact) mass is 260 g/mol. The van der Waals surface area contributed by atoms with Gasteiger partial charge in [-0.05, 0) is 37.8 Å². The fraction of sp³-hybridized carbons (Fsp3) is 0.462. The number of hydrogen-bond acceptors (Lipinski definition) is 6. The molecule has 0 aromatic carbocycles. The molecule has 3 rings (SSSR count). The van der Waals surface area contributed by atoms with E-state index in [4.69, 9.17) is 15.0 Å². The number of ether oxygens (including phenoxy) is 1. The van der Waals surface area contributed by atoms with Crippen molar-refractivity contribution in [1.82, 2.24) is 15.1 Å². The summed E-state index contributed by atoms with van der Waals surface area (Å²) in [4.78, 5) is 8.40. The summed E-state index contributed by atoms with van der Waals surface area (Å²) in [5, 5.41) is 4.07. The van der Waals surface area contributed by atoms with Gasteiger partial charge in [0, 0.05) is 18.9 Å². The van der Waals surface area contributed by atoms with Crippen LogP contribution in [0.3, 0.4) is 0 Å². The van der Waals surface area contributed by atoms with Crippen molar-refractivity contribution in [3.05, 3.63) is 24.2 Å². The number of nitrogens with two attached hydrogens (primary N) is 1. The Balaban J connectivity index is 1.95. The van der Waals surface area contributed by atoms with Crippen LogP contribution in [0.25, 0.3) is 11.5 Å². The normalized spacial score (nSPS) is 17.7. The van der Waals surface area contributed by atoms with E-state index in [1.54, 1.807) is 25.4 Å². The van der Waals surface area contributed by atoms with Crippen LogP contribution in [0.1, 0.15) is 31.5 Å². The van der Waals surface area contributed by atoms with E-state index >= 15 is 0 Å². The van der Waals surface area contributed by atoms with Gasteiger partial charge in [-0.15, -0.1) is 0 Å². The second-order valence-corrected chi connectivity index (χ2v) is 4.80. The van der Waals surface area contributed by atoms with E-state index in [1.165, 1.54) is 0 Å². The Kier molecular flexibility index (Phi) is 2.94. The van der Waals surface area contributed by atoms with E-state index in [1.807, 2.05) is 0 Å². The second kappa shape index (κ2) is 4.62. The van der Waals surface area contributed by atoms with Gasteiger partial charge < -0.3 is 15.0 Å². The van der Waals surface area contributed by atoms with Crippen molar-refractivity contribution in [3.8, 4) is 11.5 Å². The first-order chi connectivity index (χ1) is 9.23. The molecule has 2 heterocycles. The van der Waals surface area contributed by atoms with Gasteiger partial charge in [0.05, 0.1) is 0 Å². The lowest BCUT2D eigenvalue weighted by atomic mass is 10.0. The highest BCUT2D eigenvalue weighted by atomic mass is 16.5. The van der Waals surface area contributed by atoms with Crippen molar-refractivity contribution in [3.63, 3.8) is 0 Å². The standard InChI is InChI=1S/C13H16N4O2/c1-18-13(5-2-3-6-13)12-16-11(19-17-12)9-4-7-15-10(14)8-9/h4,7-8H,2-3,5-6H2,1H3,(H2,14,15). The topological polar surface area (TPSA) is 87.1 Å². The molecule has 0 spiro atoms. The van der Waals surface area contributed by atoms with Crippen LogP contribution in [-0.2, 0) is 10.3 Å². The highest BCUT2D eigenvalue weighted by molar-refractivity contribution is 5.56. The molecule has 1 aliphatic carbocycles. The highest BCUT2D eigenvalue weighted by Crippen LogP contribution is 2.40. The van der Waals surface area contributed by atoms with E-state index in [0.717, 1.165) is 31.2 Å².